The van der Waals surface area contributed by atoms with E-state index in [1.807, 2.05) is 4.90 Å². The van der Waals surface area contributed by atoms with Crippen molar-refractivity contribution in [2.24, 2.45) is 0 Å². The van der Waals surface area contributed by atoms with Crippen LogP contribution in [-0.2, 0) is 4.79 Å². The van der Waals surface area contributed by atoms with E-state index >= 15 is 0 Å². The molecule has 1 amide bonds. The van der Waals surface area contributed by atoms with Crippen LogP contribution in [0.2, 0.25) is 0 Å². The smallest absolute Gasteiger partial charge is 0.230 e. The molecular formula is C16H29NO. The molecule has 0 bridgehead atoms. The lowest BCUT2D eigenvalue weighted by atomic mass is 10.1. The second kappa shape index (κ2) is 9.18. The number of amides is 1. The number of hydrogen-bond donors (Lipinski definition) is 0. The van der Waals surface area contributed by atoms with Crippen LogP contribution in [0.3, 0.4) is 0 Å². The van der Waals surface area contributed by atoms with Gasteiger partial charge in [0.05, 0.1) is 0 Å². The van der Waals surface area contributed by atoms with Crippen LogP contribution in [0.15, 0.2) is 11.8 Å². The summed E-state index contributed by atoms with van der Waals surface area (Å²) in [5, 5.41) is 0. The zero-order chi connectivity index (χ0) is 13.2. The fraction of sp³-hybridized carbons (Fsp3) is 0.812. The van der Waals surface area contributed by atoms with Crippen LogP contribution >= 0.6 is 0 Å². The van der Waals surface area contributed by atoms with E-state index in [-0.39, 0.29) is 5.91 Å². The molecule has 0 unspecified atom stereocenters. The van der Waals surface area contributed by atoms with Gasteiger partial charge in [-0.05, 0) is 19.8 Å². The number of carbonyl (C=O) groups excluding carboxylic acids is 1. The third-order valence-corrected chi connectivity index (χ3v) is 3.76. The van der Waals surface area contributed by atoms with Gasteiger partial charge in [-0.3, -0.25) is 4.79 Å². The van der Waals surface area contributed by atoms with Gasteiger partial charge in [-0.15, -0.1) is 0 Å². The van der Waals surface area contributed by atoms with E-state index in [0.717, 1.165) is 13.0 Å². The molecule has 0 N–H and O–H groups in total. The molecule has 2 nitrogen and oxygen atoms in total. The molecule has 0 aromatic heterocycles. The number of rotatable bonds is 10. The highest BCUT2D eigenvalue weighted by molar-refractivity contribution is 5.82. The fourth-order valence-corrected chi connectivity index (χ4v) is 2.64. The molecule has 18 heavy (non-hydrogen) atoms. The minimum atomic E-state index is 0.284. The van der Waals surface area contributed by atoms with Crippen LogP contribution in [-0.4, -0.2) is 17.4 Å². The molecule has 0 atom stereocenters. The summed E-state index contributed by atoms with van der Waals surface area (Å²) in [6.45, 7) is 5.16. The van der Waals surface area contributed by atoms with E-state index in [9.17, 15) is 4.79 Å². The summed E-state index contributed by atoms with van der Waals surface area (Å²) in [6, 6.07) is 0. The van der Waals surface area contributed by atoms with Crippen molar-refractivity contribution in [1.82, 2.24) is 4.90 Å². The molecule has 0 fully saturated rings. The van der Waals surface area contributed by atoms with Crippen molar-refractivity contribution < 1.29 is 4.79 Å². The van der Waals surface area contributed by atoms with Crippen LogP contribution in [0.25, 0.3) is 0 Å². The molecule has 1 aliphatic heterocycles. The van der Waals surface area contributed by atoms with Gasteiger partial charge in [-0.2, -0.15) is 0 Å². The van der Waals surface area contributed by atoms with Crippen molar-refractivity contribution in [3.05, 3.63) is 11.8 Å². The van der Waals surface area contributed by atoms with Crippen molar-refractivity contribution in [3.8, 4) is 0 Å². The summed E-state index contributed by atoms with van der Waals surface area (Å²) in [4.78, 5) is 13.5. The molecule has 1 aliphatic rings. The molecule has 0 saturated heterocycles. The summed E-state index contributed by atoms with van der Waals surface area (Å²) in [6.07, 6.45) is 14.7. The van der Waals surface area contributed by atoms with E-state index in [0.29, 0.717) is 6.42 Å². The van der Waals surface area contributed by atoms with Crippen molar-refractivity contribution in [2.75, 3.05) is 6.54 Å². The van der Waals surface area contributed by atoms with Gasteiger partial charge in [-0.1, -0.05) is 57.9 Å². The number of allylic oxidation sites excluding steroid dienone is 1. The first kappa shape index (κ1) is 15.3. The van der Waals surface area contributed by atoms with Gasteiger partial charge in [0, 0.05) is 18.7 Å². The minimum absolute atomic E-state index is 0.284. The monoisotopic (exact) mass is 251 g/mol. The molecule has 0 saturated carbocycles. The van der Waals surface area contributed by atoms with Gasteiger partial charge in [0.15, 0.2) is 0 Å². The Bertz CT molecular complexity index is 270. The van der Waals surface area contributed by atoms with E-state index in [1.165, 1.54) is 57.1 Å². The third-order valence-electron chi connectivity index (χ3n) is 3.76. The lowest BCUT2D eigenvalue weighted by molar-refractivity contribution is -0.127. The van der Waals surface area contributed by atoms with Gasteiger partial charge >= 0.3 is 0 Å². The van der Waals surface area contributed by atoms with Crippen molar-refractivity contribution >= 4 is 5.91 Å². The predicted molar refractivity (Wildman–Crippen MR) is 77.3 cm³/mol. The zero-order valence-electron chi connectivity index (χ0n) is 12.2. The predicted octanol–water partition coefficient (Wildman–Crippen LogP) is 4.65. The van der Waals surface area contributed by atoms with Crippen molar-refractivity contribution in [2.45, 2.75) is 78.1 Å². The Hall–Kier alpha value is -0.790. The summed E-state index contributed by atoms with van der Waals surface area (Å²) in [7, 11) is 0. The lowest BCUT2D eigenvalue weighted by Gasteiger charge is -2.18. The quantitative estimate of drug-likeness (QED) is 0.517. The zero-order valence-corrected chi connectivity index (χ0v) is 12.2. The Labute approximate surface area is 112 Å². The van der Waals surface area contributed by atoms with Crippen LogP contribution in [0.1, 0.15) is 78.1 Å². The normalized spacial score (nSPS) is 15.3. The second-order valence-electron chi connectivity index (χ2n) is 5.26. The molecule has 2 heteroatoms. The van der Waals surface area contributed by atoms with Crippen molar-refractivity contribution in [1.29, 1.82) is 0 Å². The van der Waals surface area contributed by atoms with Gasteiger partial charge < -0.3 is 4.90 Å². The number of hydrogen-bond acceptors (Lipinski definition) is 1. The first-order valence-electron chi connectivity index (χ1n) is 7.79. The maximum Gasteiger partial charge on any atom is 0.230 e. The van der Waals surface area contributed by atoms with Crippen LogP contribution < -0.4 is 0 Å². The summed E-state index contributed by atoms with van der Waals surface area (Å²) in [5.74, 6) is 0.284. The first-order chi connectivity index (χ1) is 8.79. The molecule has 0 spiro atoms. The van der Waals surface area contributed by atoms with E-state index in [1.54, 1.807) is 0 Å². The Morgan fingerprint density at radius 3 is 2.22 bits per heavy atom. The summed E-state index contributed by atoms with van der Waals surface area (Å²) < 4.78 is 0. The average Bonchev–Trinajstić information content (AvgIpc) is 2.73. The maximum atomic E-state index is 11.5. The lowest BCUT2D eigenvalue weighted by Crippen LogP contribution is -2.24. The number of nitrogens with zero attached hydrogens (tertiary/aromatic N) is 1. The largest absolute Gasteiger partial charge is 0.317 e. The molecule has 1 rings (SSSR count). The van der Waals surface area contributed by atoms with Gasteiger partial charge in [-0.25, -0.2) is 0 Å². The topological polar surface area (TPSA) is 20.3 Å². The molecular weight excluding hydrogens is 222 g/mol. The highest BCUT2D eigenvalue weighted by atomic mass is 16.2. The average molecular weight is 251 g/mol. The summed E-state index contributed by atoms with van der Waals surface area (Å²) in [5.41, 5.74) is 1.27. The Kier molecular flexibility index (Phi) is 7.79. The molecule has 1 heterocycles. The third kappa shape index (κ3) is 5.24. The van der Waals surface area contributed by atoms with E-state index in [2.05, 4.69) is 19.9 Å². The van der Waals surface area contributed by atoms with Gasteiger partial charge in [0.1, 0.15) is 0 Å². The van der Waals surface area contributed by atoms with Crippen LogP contribution in [0, 0.1) is 0 Å². The SMILES string of the molecule is CCCCCCCCCCC1=CCC(=O)N1CC. The first-order valence-corrected chi connectivity index (χ1v) is 7.79. The minimum Gasteiger partial charge on any atom is -0.317 e. The van der Waals surface area contributed by atoms with Gasteiger partial charge in [0.25, 0.3) is 0 Å². The van der Waals surface area contributed by atoms with Crippen LogP contribution in [0.4, 0.5) is 0 Å². The fourth-order valence-electron chi connectivity index (χ4n) is 2.64. The van der Waals surface area contributed by atoms with E-state index in [4.69, 9.17) is 0 Å². The Morgan fingerprint density at radius 2 is 1.61 bits per heavy atom. The Balaban J connectivity index is 1.99. The maximum absolute atomic E-state index is 11.5. The van der Waals surface area contributed by atoms with Gasteiger partial charge in [0.2, 0.25) is 5.91 Å². The highest BCUT2D eigenvalue weighted by Gasteiger charge is 2.20. The summed E-state index contributed by atoms with van der Waals surface area (Å²) >= 11 is 0. The van der Waals surface area contributed by atoms with Crippen molar-refractivity contribution in [3.63, 3.8) is 0 Å². The molecule has 104 valence electrons. The molecule has 0 aromatic rings. The molecule has 0 aromatic carbocycles. The number of unbranched alkanes of at least 4 members (excludes halogenated alkanes) is 7. The Morgan fingerprint density at radius 1 is 1.00 bits per heavy atom. The standard InChI is InChI=1S/C16H29NO/c1-3-5-6-7-8-9-10-11-12-15-13-14-16(18)17(15)4-2/h13H,3-12,14H2,1-2H3. The van der Waals surface area contributed by atoms with E-state index < -0.39 is 0 Å². The van der Waals surface area contributed by atoms with Crippen LogP contribution in [0.5, 0.6) is 0 Å². The molecule has 0 radical (unpaired) electrons. The second-order valence-corrected chi connectivity index (χ2v) is 5.26. The molecule has 0 aliphatic carbocycles. The number of carbonyl (C=O) groups is 1. The highest BCUT2D eigenvalue weighted by Crippen LogP contribution is 2.22.